The molecule has 0 heterocycles. The lowest BCUT2D eigenvalue weighted by Gasteiger charge is -2.10. The number of carbonyl (C=O) groups excluding carboxylic acids is 1. The number of hydrogen-bond donors (Lipinski definition) is 0. The Morgan fingerprint density at radius 3 is 3.00 bits per heavy atom. The third-order valence-corrected chi connectivity index (χ3v) is 2.64. The quantitative estimate of drug-likeness (QED) is 0.704. The van der Waals surface area contributed by atoms with Crippen LogP contribution >= 0.6 is 0 Å². The molecular formula is C13H14O2. The van der Waals surface area contributed by atoms with E-state index in [1.54, 1.807) is 0 Å². The lowest BCUT2D eigenvalue weighted by Crippen LogP contribution is -2.04. The Morgan fingerprint density at radius 1 is 1.40 bits per heavy atom. The van der Waals surface area contributed by atoms with E-state index < -0.39 is 0 Å². The third-order valence-electron chi connectivity index (χ3n) is 2.64. The topological polar surface area (TPSA) is 26.3 Å². The molecule has 0 radical (unpaired) electrons. The maximum Gasteiger partial charge on any atom is 0.302 e. The SMILES string of the molecule is CC(=O)OCCC1C=Cc2ccccc21. The van der Waals surface area contributed by atoms with Crippen molar-refractivity contribution in [1.29, 1.82) is 0 Å². The van der Waals surface area contributed by atoms with Gasteiger partial charge < -0.3 is 4.74 Å². The van der Waals surface area contributed by atoms with Gasteiger partial charge in [-0.2, -0.15) is 0 Å². The minimum absolute atomic E-state index is 0.203. The van der Waals surface area contributed by atoms with Gasteiger partial charge in [-0.15, -0.1) is 0 Å². The number of hydrogen-bond acceptors (Lipinski definition) is 2. The minimum Gasteiger partial charge on any atom is -0.466 e. The molecule has 0 fully saturated rings. The third kappa shape index (κ3) is 2.27. The average Bonchev–Trinajstić information content (AvgIpc) is 2.62. The molecule has 1 unspecified atom stereocenters. The van der Waals surface area contributed by atoms with E-state index in [0.717, 1.165) is 6.42 Å². The normalized spacial score (nSPS) is 17.5. The molecule has 0 bridgehead atoms. The van der Waals surface area contributed by atoms with Crippen molar-refractivity contribution in [3.63, 3.8) is 0 Å². The first-order chi connectivity index (χ1) is 7.27. The van der Waals surface area contributed by atoms with E-state index in [1.807, 2.05) is 12.1 Å². The Bertz CT molecular complexity index is 393. The fourth-order valence-corrected chi connectivity index (χ4v) is 1.91. The van der Waals surface area contributed by atoms with Crippen LogP contribution in [-0.2, 0) is 9.53 Å². The van der Waals surface area contributed by atoms with Gasteiger partial charge in [-0.3, -0.25) is 4.79 Å². The van der Waals surface area contributed by atoms with Gasteiger partial charge in [0, 0.05) is 12.8 Å². The van der Waals surface area contributed by atoms with E-state index in [2.05, 4.69) is 24.3 Å². The monoisotopic (exact) mass is 202 g/mol. The summed E-state index contributed by atoms with van der Waals surface area (Å²) in [5.74, 6) is 0.200. The van der Waals surface area contributed by atoms with Crippen molar-refractivity contribution in [2.45, 2.75) is 19.3 Å². The largest absolute Gasteiger partial charge is 0.466 e. The Hall–Kier alpha value is -1.57. The molecule has 1 aliphatic rings. The zero-order chi connectivity index (χ0) is 10.7. The van der Waals surface area contributed by atoms with Gasteiger partial charge in [-0.1, -0.05) is 36.4 Å². The summed E-state index contributed by atoms with van der Waals surface area (Å²) >= 11 is 0. The van der Waals surface area contributed by atoms with E-state index in [1.165, 1.54) is 18.1 Å². The molecule has 2 rings (SSSR count). The van der Waals surface area contributed by atoms with Crippen molar-refractivity contribution in [2.75, 3.05) is 6.61 Å². The average molecular weight is 202 g/mol. The van der Waals surface area contributed by atoms with Gasteiger partial charge >= 0.3 is 5.97 Å². The fraction of sp³-hybridized carbons (Fsp3) is 0.308. The number of esters is 1. The second-order valence-electron chi connectivity index (χ2n) is 3.72. The number of benzene rings is 1. The molecule has 1 aromatic carbocycles. The van der Waals surface area contributed by atoms with E-state index in [-0.39, 0.29) is 5.97 Å². The zero-order valence-electron chi connectivity index (χ0n) is 8.77. The molecule has 0 aromatic heterocycles. The van der Waals surface area contributed by atoms with Gasteiger partial charge in [-0.25, -0.2) is 0 Å². The van der Waals surface area contributed by atoms with Crippen LogP contribution in [0.1, 0.15) is 30.4 Å². The predicted molar refractivity (Wildman–Crippen MR) is 59.5 cm³/mol. The molecule has 1 aromatic rings. The first-order valence-electron chi connectivity index (χ1n) is 5.18. The Labute approximate surface area is 89.6 Å². The van der Waals surface area contributed by atoms with Crippen LogP contribution < -0.4 is 0 Å². The molecule has 0 spiro atoms. The Morgan fingerprint density at radius 2 is 2.20 bits per heavy atom. The van der Waals surface area contributed by atoms with E-state index in [9.17, 15) is 4.79 Å². The minimum atomic E-state index is -0.203. The molecule has 15 heavy (non-hydrogen) atoms. The van der Waals surface area contributed by atoms with Gasteiger partial charge in [-0.05, 0) is 17.5 Å². The number of carbonyl (C=O) groups is 1. The molecule has 0 aliphatic heterocycles. The highest BCUT2D eigenvalue weighted by Crippen LogP contribution is 2.31. The van der Waals surface area contributed by atoms with Crippen LogP contribution in [0.4, 0.5) is 0 Å². The molecule has 0 amide bonds. The summed E-state index contributed by atoms with van der Waals surface area (Å²) < 4.78 is 4.95. The van der Waals surface area contributed by atoms with Gasteiger partial charge in [0.2, 0.25) is 0 Å². The number of ether oxygens (including phenoxy) is 1. The Balaban J connectivity index is 1.96. The maximum atomic E-state index is 10.6. The van der Waals surface area contributed by atoms with Crippen molar-refractivity contribution in [3.05, 3.63) is 41.5 Å². The summed E-state index contributed by atoms with van der Waals surface area (Å²) in [6.07, 6.45) is 5.18. The molecule has 1 aliphatic carbocycles. The summed E-state index contributed by atoms with van der Waals surface area (Å²) in [6, 6.07) is 8.33. The molecule has 0 N–H and O–H groups in total. The summed E-state index contributed by atoms with van der Waals surface area (Å²) in [6.45, 7) is 1.94. The summed E-state index contributed by atoms with van der Waals surface area (Å²) in [4.78, 5) is 10.6. The molecule has 2 nitrogen and oxygen atoms in total. The molecule has 0 saturated carbocycles. The summed E-state index contributed by atoms with van der Waals surface area (Å²) in [7, 11) is 0. The molecule has 78 valence electrons. The van der Waals surface area contributed by atoms with Gasteiger partial charge in [0.25, 0.3) is 0 Å². The first-order valence-corrected chi connectivity index (χ1v) is 5.18. The standard InChI is InChI=1S/C13H14O2/c1-10(14)15-9-8-12-7-6-11-4-2-3-5-13(11)12/h2-7,12H,8-9H2,1H3. The maximum absolute atomic E-state index is 10.6. The highest BCUT2D eigenvalue weighted by atomic mass is 16.5. The van der Waals surface area contributed by atoms with Gasteiger partial charge in [0.1, 0.15) is 0 Å². The van der Waals surface area contributed by atoms with Crippen LogP contribution in [0, 0.1) is 0 Å². The van der Waals surface area contributed by atoms with E-state index in [0.29, 0.717) is 12.5 Å². The molecule has 2 heteroatoms. The second kappa shape index (κ2) is 4.30. The Kier molecular flexibility index (Phi) is 2.86. The predicted octanol–water partition coefficient (Wildman–Crippen LogP) is 2.75. The van der Waals surface area contributed by atoms with Crippen LogP contribution in [0.3, 0.4) is 0 Å². The van der Waals surface area contributed by atoms with Gasteiger partial charge in [0.15, 0.2) is 0 Å². The van der Waals surface area contributed by atoms with E-state index in [4.69, 9.17) is 4.74 Å². The number of rotatable bonds is 3. The van der Waals surface area contributed by atoms with E-state index >= 15 is 0 Å². The van der Waals surface area contributed by atoms with Crippen molar-refractivity contribution in [2.24, 2.45) is 0 Å². The molecular weight excluding hydrogens is 188 g/mol. The zero-order valence-corrected chi connectivity index (χ0v) is 8.77. The van der Waals surface area contributed by atoms with Gasteiger partial charge in [0.05, 0.1) is 6.61 Å². The van der Waals surface area contributed by atoms with Crippen molar-refractivity contribution >= 4 is 12.0 Å². The van der Waals surface area contributed by atoms with Crippen LogP contribution in [0.5, 0.6) is 0 Å². The smallest absolute Gasteiger partial charge is 0.302 e. The van der Waals surface area contributed by atoms with Crippen LogP contribution in [-0.4, -0.2) is 12.6 Å². The lowest BCUT2D eigenvalue weighted by molar-refractivity contribution is -0.141. The van der Waals surface area contributed by atoms with Crippen molar-refractivity contribution in [1.82, 2.24) is 0 Å². The molecule has 0 saturated heterocycles. The highest BCUT2D eigenvalue weighted by Gasteiger charge is 2.16. The number of fused-ring (bicyclic) bond motifs is 1. The summed E-state index contributed by atoms with van der Waals surface area (Å²) in [5, 5.41) is 0. The van der Waals surface area contributed by atoms with Crippen LogP contribution in [0.2, 0.25) is 0 Å². The lowest BCUT2D eigenvalue weighted by atomic mass is 9.98. The first kappa shape index (κ1) is 9.97. The van der Waals surface area contributed by atoms with Crippen molar-refractivity contribution in [3.8, 4) is 0 Å². The van der Waals surface area contributed by atoms with Crippen LogP contribution in [0.15, 0.2) is 30.3 Å². The molecule has 1 atom stereocenters. The van der Waals surface area contributed by atoms with Crippen molar-refractivity contribution < 1.29 is 9.53 Å². The van der Waals surface area contributed by atoms with Crippen LogP contribution in [0.25, 0.3) is 6.08 Å². The summed E-state index contributed by atoms with van der Waals surface area (Å²) in [5.41, 5.74) is 2.62. The fourth-order valence-electron chi connectivity index (χ4n) is 1.91. The highest BCUT2D eigenvalue weighted by molar-refractivity contribution is 5.66. The number of allylic oxidation sites excluding steroid dienone is 1. The second-order valence-corrected chi connectivity index (χ2v) is 3.72.